The smallest absolute Gasteiger partial charge is 0.133 e. The number of rotatable bonds is 1. The van der Waals surface area contributed by atoms with Crippen molar-refractivity contribution in [1.82, 2.24) is 4.57 Å². The van der Waals surface area contributed by atoms with E-state index in [0.717, 1.165) is 10.2 Å². The van der Waals surface area contributed by atoms with Crippen molar-refractivity contribution in [2.75, 3.05) is 7.11 Å². The summed E-state index contributed by atoms with van der Waals surface area (Å²) >= 11 is 3.57. The van der Waals surface area contributed by atoms with Crippen LogP contribution in [0, 0.1) is 6.92 Å². The summed E-state index contributed by atoms with van der Waals surface area (Å²) in [4.78, 5) is 0. The number of hydrogen-bond donors (Lipinski definition) is 0. The Kier molecular flexibility index (Phi) is 2.27. The van der Waals surface area contributed by atoms with Gasteiger partial charge >= 0.3 is 0 Å². The van der Waals surface area contributed by atoms with Crippen molar-refractivity contribution in [3.8, 4) is 5.75 Å². The molecule has 0 aliphatic heterocycles. The Morgan fingerprint density at radius 3 is 2.71 bits per heavy atom. The lowest BCUT2D eigenvalue weighted by Crippen LogP contribution is -1.87. The first-order valence-corrected chi connectivity index (χ1v) is 5.22. The van der Waals surface area contributed by atoms with E-state index < -0.39 is 0 Å². The summed E-state index contributed by atoms with van der Waals surface area (Å²) in [5.74, 6) is 0.881. The molecule has 2 nitrogen and oxygen atoms in total. The van der Waals surface area contributed by atoms with E-state index in [1.807, 2.05) is 13.1 Å². The highest BCUT2D eigenvalue weighted by Gasteiger charge is 2.10. The molecule has 1 aromatic carbocycles. The standard InChI is InChI=1S/C11H12BrNO/c1-7-6-13(2)8-4-5-9(14-3)11(12)10(7)8/h4-6H,1-3H3. The Bertz CT molecular complexity index is 487. The molecule has 1 heterocycles. The van der Waals surface area contributed by atoms with Crippen LogP contribution in [0.15, 0.2) is 22.8 Å². The molecule has 0 saturated heterocycles. The molecule has 0 radical (unpaired) electrons. The van der Waals surface area contributed by atoms with Gasteiger partial charge in [-0.25, -0.2) is 0 Å². The van der Waals surface area contributed by atoms with Gasteiger partial charge in [-0.2, -0.15) is 0 Å². The summed E-state index contributed by atoms with van der Waals surface area (Å²) < 4.78 is 8.42. The first-order valence-electron chi connectivity index (χ1n) is 4.43. The van der Waals surface area contributed by atoms with Crippen LogP contribution in [0.1, 0.15) is 5.56 Å². The number of fused-ring (bicyclic) bond motifs is 1. The third-order valence-corrected chi connectivity index (χ3v) is 3.25. The number of benzene rings is 1. The topological polar surface area (TPSA) is 14.2 Å². The molecule has 0 unspecified atom stereocenters. The third kappa shape index (κ3) is 1.23. The second kappa shape index (κ2) is 3.31. The maximum absolute atomic E-state index is 5.26. The van der Waals surface area contributed by atoms with E-state index in [9.17, 15) is 0 Å². The van der Waals surface area contributed by atoms with Crippen LogP contribution in [0.4, 0.5) is 0 Å². The molecular weight excluding hydrogens is 242 g/mol. The number of hydrogen-bond acceptors (Lipinski definition) is 1. The number of aryl methyl sites for hydroxylation is 2. The SMILES string of the molecule is COc1ccc2c(c(C)cn2C)c1Br. The van der Waals surface area contributed by atoms with E-state index in [0.29, 0.717) is 0 Å². The zero-order chi connectivity index (χ0) is 10.3. The highest BCUT2D eigenvalue weighted by Crippen LogP contribution is 2.35. The molecule has 0 saturated carbocycles. The van der Waals surface area contributed by atoms with Gasteiger partial charge in [0.2, 0.25) is 0 Å². The van der Waals surface area contributed by atoms with Crippen LogP contribution in [0.5, 0.6) is 5.75 Å². The number of methoxy groups -OCH3 is 1. The van der Waals surface area contributed by atoms with Crippen molar-refractivity contribution < 1.29 is 4.74 Å². The van der Waals surface area contributed by atoms with Crippen molar-refractivity contribution in [2.45, 2.75) is 6.92 Å². The van der Waals surface area contributed by atoms with Crippen LogP contribution in [-0.2, 0) is 7.05 Å². The van der Waals surface area contributed by atoms with Gasteiger partial charge in [-0.3, -0.25) is 0 Å². The highest BCUT2D eigenvalue weighted by molar-refractivity contribution is 9.10. The Hall–Kier alpha value is -0.960. The van der Waals surface area contributed by atoms with E-state index in [4.69, 9.17) is 4.74 Å². The van der Waals surface area contributed by atoms with Crippen LogP contribution < -0.4 is 4.74 Å². The Morgan fingerprint density at radius 2 is 2.07 bits per heavy atom. The van der Waals surface area contributed by atoms with Crippen LogP contribution >= 0.6 is 15.9 Å². The minimum Gasteiger partial charge on any atom is -0.496 e. The summed E-state index contributed by atoms with van der Waals surface area (Å²) in [5.41, 5.74) is 2.48. The molecule has 0 aliphatic rings. The maximum atomic E-state index is 5.26. The summed E-state index contributed by atoms with van der Waals surface area (Å²) in [6.45, 7) is 2.10. The molecular formula is C11H12BrNO. The second-order valence-corrected chi connectivity index (χ2v) is 4.19. The summed E-state index contributed by atoms with van der Waals surface area (Å²) in [5, 5.41) is 1.23. The monoisotopic (exact) mass is 253 g/mol. The fourth-order valence-electron chi connectivity index (χ4n) is 1.80. The van der Waals surface area contributed by atoms with Gasteiger partial charge < -0.3 is 9.30 Å². The molecule has 2 aromatic rings. The van der Waals surface area contributed by atoms with Crippen molar-refractivity contribution in [3.63, 3.8) is 0 Å². The summed E-state index contributed by atoms with van der Waals surface area (Å²) in [6, 6.07) is 4.05. The molecule has 74 valence electrons. The van der Waals surface area contributed by atoms with Gasteiger partial charge in [-0.05, 0) is 40.5 Å². The highest BCUT2D eigenvalue weighted by atomic mass is 79.9. The maximum Gasteiger partial charge on any atom is 0.133 e. The number of nitrogens with zero attached hydrogens (tertiary/aromatic N) is 1. The van der Waals surface area contributed by atoms with Gasteiger partial charge in [0, 0.05) is 24.1 Å². The van der Waals surface area contributed by atoms with Gasteiger partial charge in [0.25, 0.3) is 0 Å². The zero-order valence-electron chi connectivity index (χ0n) is 8.47. The Labute approximate surface area is 91.6 Å². The fraction of sp³-hybridized carbons (Fsp3) is 0.273. The third-order valence-electron chi connectivity index (χ3n) is 2.47. The van der Waals surface area contributed by atoms with E-state index >= 15 is 0 Å². The molecule has 3 heteroatoms. The molecule has 0 atom stereocenters. The van der Waals surface area contributed by atoms with Gasteiger partial charge in [0.15, 0.2) is 0 Å². The van der Waals surface area contributed by atoms with Gasteiger partial charge in [0.05, 0.1) is 11.6 Å². The second-order valence-electron chi connectivity index (χ2n) is 3.40. The van der Waals surface area contributed by atoms with E-state index in [-0.39, 0.29) is 0 Å². The number of ether oxygens (including phenoxy) is 1. The molecule has 0 bridgehead atoms. The van der Waals surface area contributed by atoms with Crippen molar-refractivity contribution in [2.24, 2.45) is 7.05 Å². The molecule has 0 spiro atoms. The first kappa shape index (κ1) is 9.59. The Balaban J connectivity index is 2.87. The lowest BCUT2D eigenvalue weighted by atomic mass is 10.2. The number of halogens is 1. The largest absolute Gasteiger partial charge is 0.496 e. The minimum absolute atomic E-state index is 0.881. The van der Waals surface area contributed by atoms with Crippen molar-refractivity contribution in [1.29, 1.82) is 0 Å². The normalized spacial score (nSPS) is 10.9. The van der Waals surface area contributed by atoms with Gasteiger partial charge in [-0.15, -0.1) is 0 Å². The molecule has 1 aromatic heterocycles. The summed E-state index contributed by atoms with van der Waals surface area (Å²) in [6.07, 6.45) is 2.12. The fourth-order valence-corrected chi connectivity index (χ4v) is 2.61. The molecule has 0 amide bonds. The summed E-state index contributed by atoms with van der Waals surface area (Å²) in [7, 11) is 3.73. The van der Waals surface area contributed by atoms with Crippen LogP contribution in [0.25, 0.3) is 10.9 Å². The lowest BCUT2D eigenvalue weighted by molar-refractivity contribution is 0.413. The Morgan fingerprint density at radius 1 is 1.36 bits per heavy atom. The van der Waals surface area contributed by atoms with Crippen LogP contribution in [0.3, 0.4) is 0 Å². The number of aromatic nitrogens is 1. The van der Waals surface area contributed by atoms with E-state index in [2.05, 4.69) is 39.7 Å². The van der Waals surface area contributed by atoms with Crippen molar-refractivity contribution in [3.05, 3.63) is 28.4 Å². The van der Waals surface area contributed by atoms with E-state index in [1.54, 1.807) is 7.11 Å². The average Bonchev–Trinajstić information content (AvgIpc) is 2.44. The lowest BCUT2D eigenvalue weighted by Gasteiger charge is -2.05. The molecule has 0 fully saturated rings. The molecule has 0 aliphatic carbocycles. The molecule has 14 heavy (non-hydrogen) atoms. The molecule has 2 rings (SSSR count). The first-order chi connectivity index (χ1) is 6.65. The van der Waals surface area contributed by atoms with Crippen LogP contribution in [-0.4, -0.2) is 11.7 Å². The zero-order valence-corrected chi connectivity index (χ0v) is 10.1. The minimum atomic E-state index is 0.881. The van der Waals surface area contributed by atoms with Crippen LogP contribution in [0.2, 0.25) is 0 Å². The van der Waals surface area contributed by atoms with Gasteiger partial charge in [-0.1, -0.05) is 0 Å². The predicted octanol–water partition coefficient (Wildman–Crippen LogP) is 3.26. The average molecular weight is 254 g/mol. The molecule has 0 N–H and O–H groups in total. The van der Waals surface area contributed by atoms with E-state index in [1.165, 1.54) is 16.5 Å². The van der Waals surface area contributed by atoms with Crippen molar-refractivity contribution >= 4 is 26.8 Å². The van der Waals surface area contributed by atoms with Gasteiger partial charge in [0.1, 0.15) is 5.75 Å². The predicted molar refractivity (Wildman–Crippen MR) is 61.9 cm³/mol. The quantitative estimate of drug-likeness (QED) is 0.761.